The highest BCUT2D eigenvalue weighted by molar-refractivity contribution is 5.52. The molecule has 0 fully saturated rings. The van der Waals surface area contributed by atoms with Gasteiger partial charge in [0.05, 0.1) is 12.5 Å². The lowest BCUT2D eigenvalue weighted by Crippen LogP contribution is -2.11. The molecule has 2 N–H and O–H groups in total. The highest BCUT2D eigenvalue weighted by Crippen LogP contribution is 2.38. The third kappa shape index (κ3) is 2.83. The minimum Gasteiger partial charge on any atom is -0.516 e. The van der Waals surface area contributed by atoms with Crippen LogP contribution >= 0.6 is 0 Å². The van der Waals surface area contributed by atoms with E-state index in [0.29, 0.717) is 11.3 Å². The molecule has 0 radical (unpaired) electrons. The first-order valence-corrected chi connectivity index (χ1v) is 6.46. The zero-order chi connectivity index (χ0) is 14.5. The van der Waals surface area contributed by atoms with Crippen molar-refractivity contribution in [2.24, 2.45) is 0 Å². The summed E-state index contributed by atoms with van der Waals surface area (Å²) in [4.78, 5) is 0. The normalized spacial score (nSPS) is 19.1. The van der Waals surface area contributed by atoms with Crippen molar-refractivity contribution in [2.75, 3.05) is 0 Å². The first kappa shape index (κ1) is 14.2. The van der Waals surface area contributed by atoms with Crippen LogP contribution in [0.2, 0.25) is 0 Å². The fourth-order valence-corrected chi connectivity index (χ4v) is 2.13. The molecule has 0 saturated carbocycles. The summed E-state index contributed by atoms with van der Waals surface area (Å²) in [6, 6.07) is 5.72. The second kappa shape index (κ2) is 6.26. The van der Waals surface area contributed by atoms with Gasteiger partial charge >= 0.3 is 0 Å². The molecule has 1 heterocycles. The van der Waals surface area contributed by atoms with Crippen LogP contribution in [0.3, 0.4) is 0 Å². The van der Waals surface area contributed by atoms with Crippen molar-refractivity contribution in [1.29, 1.82) is 0 Å². The number of allylic oxidation sites excluding steroid dienone is 4. The van der Waals surface area contributed by atoms with Crippen LogP contribution in [0.5, 0.6) is 5.75 Å². The summed E-state index contributed by atoms with van der Waals surface area (Å²) >= 11 is 0. The Hall–Kier alpha value is -2.26. The first-order valence-electron chi connectivity index (χ1n) is 6.46. The van der Waals surface area contributed by atoms with Crippen LogP contribution in [0.1, 0.15) is 24.2 Å². The lowest BCUT2D eigenvalue weighted by molar-refractivity contribution is 0.202. The quantitative estimate of drug-likeness (QED) is 0.647. The lowest BCUT2D eigenvalue weighted by atomic mass is 9.93. The summed E-state index contributed by atoms with van der Waals surface area (Å²) in [6.45, 7) is 3.87. The molecule has 104 valence electrons. The Labute approximate surface area is 118 Å². The van der Waals surface area contributed by atoms with Gasteiger partial charge in [0.1, 0.15) is 11.9 Å². The summed E-state index contributed by atoms with van der Waals surface area (Å²) in [7, 11) is 0. The molecule has 1 atom stereocenters. The Morgan fingerprint density at radius 1 is 1.35 bits per heavy atom. The molecule has 1 aliphatic rings. The van der Waals surface area contributed by atoms with Crippen molar-refractivity contribution < 1.29 is 14.9 Å². The molecule has 0 bridgehead atoms. The molecule has 1 aliphatic heterocycles. The van der Waals surface area contributed by atoms with Crippen LogP contribution in [0, 0.1) is 6.92 Å². The van der Waals surface area contributed by atoms with E-state index in [1.807, 2.05) is 44.2 Å². The number of hydrogen-bond acceptors (Lipinski definition) is 3. The Morgan fingerprint density at radius 3 is 2.85 bits per heavy atom. The van der Waals surface area contributed by atoms with E-state index >= 15 is 0 Å². The Bertz CT molecular complexity index is 607. The van der Waals surface area contributed by atoms with E-state index in [4.69, 9.17) is 9.84 Å². The molecule has 1 aromatic carbocycles. The molecule has 3 heteroatoms. The third-order valence-corrected chi connectivity index (χ3v) is 3.11. The average Bonchev–Trinajstić information content (AvgIpc) is 2.44. The standard InChI is InChI=1S/C17H18O3/c1-3-5-13(6-4-9-18)15-11-20-16-10-12(2)7-8-14(16)17(15)19/h3-11,17-19H,1-2H3/b5-3-,9-4+,13-6+. The van der Waals surface area contributed by atoms with Gasteiger partial charge in [0.2, 0.25) is 0 Å². The van der Waals surface area contributed by atoms with Crippen molar-refractivity contribution in [1.82, 2.24) is 0 Å². The topological polar surface area (TPSA) is 49.7 Å². The number of aryl methyl sites for hydroxylation is 1. The second-order valence-corrected chi connectivity index (χ2v) is 4.60. The molecule has 0 aliphatic carbocycles. The van der Waals surface area contributed by atoms with Gasteiger partial charge in [0, 0.05) is 11.1 Å². The maximum absolute atomic E-state index is 10.5. The molecule has 0 spiro atoms. The number of hydrogen-bond donors (Lipinski definition) is 2. The van der Waals surface area contributed by atoms with Crippen molar-refractivity contribution in [2.45, 2.75) is 20.0 Å². The molecular formula is C17H18O3. The van der Waals surface area contributed by atoms with E-state index in [0.717, 1.165) is 23.0 Å². The zero-order valence-corrected chi connectivity index (χ0v) is 11.6. The largest absolute Gasteiger partial charge is 0.516 e. The van der Waals surface area contributed by atoms with E-state index in [1.54, 1.807) is 12.3 Å². The average molecular weight is 270 g/mol. The van der Waals surface area contributed by atoms with Gasteiger partial charge in [0.25, 0.3) is 0 Å². The summed E-state index contributed by atoms with van der Waals surface area (Å²) in [5.41, 5.74) is 3.28. The van der Waals surface area contributed by atoms with E-state index in [1.165, 1.54) is 6.08 Å². The number of benzene rings is 1. The Balaban J connectivity index is 2.40. The van der Waals surface area contributed by atoms with Gasteiger partial charge in [-0.15, -0.1) is 0 Å². The minimum atomic E-state index is -0.742. The summed E-state index contributed by atoms with van der Waals surface area (Å²) in [5, 5.41) is 19.3. The van der Waals surface area contributed by atoms with E-state index in [2.05, 4.69) is 0 Å². The molecule has 0 aromatic heterocycles. The highest BCUT2D eigenvalue weighted by Gasteiger charge is 2.24. The summed E-state index contributed by atoms with van der Waals surface area (Å²) in [6.07, 6.45) is 8.73. The first-order chi connectivity index (χ1) is 9.67. The molecule has 20 heavy (non-hydrogen) atoms. The third-order valence-electron chi connectivity index (χ3n) is 3.11. The van der Waals surface area contributed by atoms with Crippen LogP contribution in [0.15, 0.2) is 66.2 Å². The molecule has 3 nitrogen and oxygen atoms in total. The molecule has 2 rings (SSSR count). The molecule has 1 unspecified atom stereocenters. The fraction of sp³-hybridized carbons (Fsp3) is 0.176. The van der Waals surface area contributed by atoms with Gasteiger partial charge in [-0.3, -0.25) is 0 Å². The maximum Gasteiger partial charge on any atom is 0.132 e. The van der Waals surface area contributed by atoms with Gasteiger partial charge in [-0.2, -0.15) is 0 Å². The predicted molar refractivity (Wildman–Crippen MR) is 79.5 cm³/mol. The van der Waals surface area contributed by atoms with E-state index < -0.39 is 6.10 Å². The second-order valence-electron chi connectivity index (χ2n) is 4.60. The summed E-state index contributed by atoms with van der Waals surface area (Å²) < 4.78 is 5.61. The molecule has 0 amide bonds. The monoisotopic (exact) mass is 270 g/mol. The molecular weight excluding hydrogens is 252 g/mol. The minimum absolute atomic E-state index is 0.664. The van der Waals surface area contributed by atoms with Gasteiger partial charge in [-0.1, -0.05) is 30.4 Å². The molecule has 1 aromatic rings. The number of aliphatic hydroxyl groups excluding tert-OH is 2. The van der Waals surface area contributed by atoms with Crippen LogP contribution in [-0.2, 0) is 0 Å². The van der Waals surface area contributed by atoms with Crippen molar-refractivity contribution in [3.63, 3.8) is 0 Å². The van der Waals surface area contributed by atoms with Crippen LogP contribution in [-0.4, -0.2) is 10.2 Å². The van der Waals surface area contributed by atoms with Crippen LogP contribution in [0.25, 0.3) is 0 Å². The Kier molecular flexibility index (Phi) is 4.43. The fourth-order valence-electron chi connectivity index (χ4n) is 2.13. The van der Waals surface area contributed by atoms with Crippen molar-refractivity contribution in [3.8, 4) is 5.75 Å². The van der Waals surface area contributed by atoms with Crippen LogP contribution in [0.4, 0.5) is 0 Å². The zero-order valence-electron chi connectivity index (χ0n) is 11.6. The maximum atomic E-state index is 10.5. The van der Waals surface area contributed by atoms with Crippen molar-refractivity contribution >= 4 is 0 Å². The number of ether oxygens (including phenoxy) is 1. The number of aliphatic hydroxyl groups is 2. The van der Waals surface area contributed by atoms with Crippen LogP contribution < -0.4 is 4.74 Å². The lowest BCUT2D eigenvalue weighted by Gasteiger charge is -2.23. The predicted octanol–water partition coefficient (Wildman–Crippen LogP) is 3.88. The van der Waals surface area contributed by atoms with Gasteiger partial charge < -0.3 is 14.9 Å². The summed E-state index contributed by atoms with van der Waals surface area (Å²) in [5.74, 6) is 0.679. The smallest absolute Gasteiger partial charge is 0.132 e. The Morgan fingerprint density at radius 2 is 2.15 bits per heavy atom. The number of fused-ring (bicyclic) bond motifs is 1. The van der Waals surface area contributed by atoms with Gasteiger partial charge in [0.15, 0.2) is 0 Å². The number of rotatable bonds is 3. The SMILES string of the molecule is C\C=C/C(=C\C=C\O)C1=COc2cc(C)ccc2C1O. The molecule has 0 saturated heterocycles. The van der Waals surface area contributed by atoms with Crippen molar-refractivity contribution in [3.05, 3.63) is 77.3 Å². The van der Waals surface area contributed by atoms with Gasteiger partial charge in [-0.25, -0.2) is 0 Å². The highest BCUT2D eigenvalue weighted by atomic mass is 16.5. The van der Waals surface area contributed by atoms with E-state index in [-0.39, 0.29) is 0 Å². The van der Waals surface area contributed by atoms with Gasteiger partial charge in [-0.05, 0) is 37.1 Å². The van der Waals surface area contributed by atoms with E-state index in [9.17, 15) is 5.11 Å².